The largest absolute Gasteiger partial charge is 0.343 e. The zero-order valence-electron chi connectivity index (χ0n) is 15.0. The van der Waals surface area contributed by atoms with Gasteiger partial charge in [-0.1, -0.05) is 13.8 Å². The molecule has 5 heteroatoms. The molecule has 23 heavy (non-hydrogen) atoms. The van der Waals surface area contributed by atoms with Gasteiger partial charge in [-0.05, 0) is 42.9 Å². The Balaban J connectivity index is 1.40. The predicted octanol–water partition coefficient (Wildman–Crippen LogP) is 1.89. The molecule has 3 rings (SSSR count). The molecule has 0 bridgehead atoms. The Morgan fingerprint density at radius 3 is 2.26 bits per heavy atom. The Morgan fingerprint density at radius 2 is 1.78 bits per heavy atom. The van der Waals surface area contributed by atoms with Crippen molar-refractivity contribution in [2.24, 2.45) is 17.3 Å². The summed E-state index contributed by atoms with van der Waals surface area (Å²) in [5, 5.41) is 5.60. The highest BCUT2D eigenvalue weighted by molar-refractivity contribution is 5.76. The Bertz CT molecular complexity index is 410. The van der Waals surface area contributed by atoms with Gasteiger partial charge in [-0.3, -0.25) is 4.79 Å². The number of carbonyl (C=O) groups is 1. The number of carbonyl (C=O) groups excluding carboxylic acids is 1. The third kappa shape index (κ3) is 3.89. The Kier molecular flexibility index (Phi) is 5.29. The zero-order valence-corrected chi connectivity index (χ0v) is 15.0. The van der Waals surface area contributed by atoms with Gasteiger partial charge in [-0.15, -0.1) is 0 Å². The number of rotatable bonds is 4. The quantitative estimate of drug-likeness (QED) is 0.858. The van der Waals surface area contributed by atoms with E-state index in [9.17, 15) is 4.79 Å². The summed E-state index contributed by atoms with van der Waals surface area (Å²) >= 11 is 0. The molecule has 5 nitrogen and oxygen atoms in total. The maximum atomic E-state index is 12.6. The lowest BCUT2D eigenvalue weighted by atomic mass is 9.68. The van der Waals surface area contributed by atoms with E-state index in [0.29, 0.717) is 23.3 Å². The number of nitrogens with zero attached hydrogens (tertiary/aromatic N) is 2. The summed E-state index contributed by atoms with van der Waals surface area (Å²) < 4.78 is 0. The smallest absolute Gasteiger partial charge is 0.222 e. The normalized spacial score (nSPS) is 30.2. The van der Waals surface area contributed by atoms with Crippen molar-refractivity contribution < 1.29 is 9.63 Å². The molecule has 3 fully saturated rings. The average Bonchev–Trinajstić information content (AvgIpc) is 2.55. The standard InChI is InChI=1S/C18H33N3O2/c1-18(2)13-19-17(18)15-6-8-20(9-7-15)16(22)12-14-4-10-21(23-3)11-5-14/h14-15,17,19H,4-13H2,1-3H3. The van der Waals surface area contributed by atoms with Crippen LogP contribution in [0.5, 0.6) is 0 Å². The number of nitrogens with one attached hydrogen (secondary N) is 1. The molecule has 3 aliphatic heterocycles. The van der Waals surface area contributed by atoms with E-state index in [4.69, 9.17) is 4.84 Å². The van der Waals surface area contributed by atoms with Crippen molar-refractivity contribution >= 4 is 5.91 Å². The Hall–Kier alpha value is -0.650. The number of hydroxylamine groups is 2. The summed E-state index contributed by atoms with van der Waals surface area (Å²) in [6, 6.07) is 0.651. The van der Waals surface area contributed by atoms with Crippen molar-refractivity contribution in [1.82, 2.24) is 15.3 Å². The minimum absolute atomic E-state index is 0.375. The SMILES string of the molecule is CON1CCC(CC(=O)N2CCC(C3NCC3(C)C)CC2)CC1. The number of hydrogen-bond donors (Lipinski definition) is 1. The molecule has 1 unspecified atom stereocenters. The van der Waals surface area contributed by atoms with E-state index in [1.165, 1.54) is 0 Å². The Morgan fingerprint density at radius 1 is 1.13 bits per heavy atom. The average molecular weight is 323 g/mol. The lowest BCUT2D eigenvalue weighted by Gasteiger charge is -2.51. The third-order valence-electron chi connectivity index (χ3n) is 6.28. The van der Waals surface area contributed by atoms with Crippen LogP contribution >= 0.6 is 0 Å². The highest BCUT2D eigenvalue weighted by Gasteiger charge is 2.43. The van der Waals surface area contributed by atoms with Crippen molar-refractivity contribution in [3.63, 3.8) is 0 Å². The van der Waals surface area contributed by atoms with Crippen LogP contribution in [0, 0.1) is 17.3 Å². The van der Waals surface area contributed by atoms with E-state index in [1.54, 1.807) is 7.11 Å². The van der Waals surface area contributed by atoms with Crippen LogP contribution < -0.4 is 5.32 Å². The van der Waals surface area contributed by atoms with Crippen LogP contribution in [0.25, 0.3) is 0 Å². The molecule has 1 N–H and O–H groups in total. The molecule has 0 aromatic carbocycles. The third-order valence-corrected chi connectivity index (χ3v) is 6.28. The maximum absolute atomic E-state index is 12.6. The van der Waals surface area contributed by atoms with Gasteiger partial charge in [0.25, 0.3) is 0 Å². The number of amides is 1. The van der Waals surface area contributed by atoms with Gasteiger partial charge in [-0.2, -0.15) is 5.06 Å². The molecule has 0 saturated carbocycles. The summed E-state index contributed by atoms with van der Waals surface area (Å²) in [7, 11) is 1.73. The fraction of sp³-hybridized carbons (Fsp3) is 0.944. The van der Waals surface area contributed by atoms with Crippen molar-refractivity contribution in [3.05, 3.63) is 0 Å². The molecule has 0 aromatic rings. The van der Waals surface area contributed by atoms with Gasteiger partial charge in [0.05, 0.1) is 7.11 Å². The lowest BCUT2D eigenvalue weighted by molar-refractivity contribution is -0.151. The molecule has 0 radical (unpaired) electrons. The second kappa shape index (κ2) is 7.08. The van der Waals surface area contributed by atoms with E-state index in [-0.39, 0.29) is 0 Å². The van der Waals surface area contributed by atoms with Gasteiger partial charge in [0.1, 0.15) is 0 Å². The van der Waals surface area contributed by atoms with Gasteiger partial charge < -0.3 is 15.1 Å². The van der Waals surface area contributed by atoms with Crippen LogP contribution in [0.2, 0.25) is 0 Å². The van der Waals surface area contributed by atoms with Gasteiger partial charge in [0, 0.05) is 45.2 Å². The summed E-state index contributed by atoms with van der Waals surface area (Å²) in [6.07, 6.45) is 5.21. The van der Waals surface area contributed by atoms with Gasteiger partial charge in [0.2, 0.25) is 5.91 Å². The highest BCUT2D eigenvalue weighted by Crippen LogP contribution is 2.37. The van der Waals surface area contributed by atoms with Crippen LogP contribution in [0.1, 0.15) is 46.0 Å². The topological polar surface area (TPSA) is 44.8 Å². The second-order valence-electron chi connectivity index (χ2n) is 8.32. The van der Waals surface area contributed by atoms with Crippen molar-refractivity contribution in [1.29, 1.82) is 0 Å². The van der Waals surface area contributed by atoms with Crippen LogP contribution in [0.3, 0.4) is 0 Å². The van der Waals surface area contributed by atoms with E-state index >= 15 is 0 Å². The first-order chi connectivity index (χ1) is 11.0. The minimum atomic E-state index is 0.375. The molecule has 0 spiro atoms. The number of likely N-dealkylation sites (tertiary alicyclic amines) is 1. The van der Waals surface area contributed by atoms with E-state index < -0.39 is 0 Å². The first kappa shape index (κ1) is 17.2. The molecule has 0 aliphatic carbocycles. The molecule has 1 amide bonds. The fourth-order valence-corrected chi connectivity index (χ4v) is 4.59. The molecule has 3 heterocycles. The predicted molar refractivity (Wildman–Crippen MR) is 90.8 cm³/mol. The number of hydrogen-bond acceptors (Lipinski definition) is 4. The minimum Gasteiger partial charge on any atom is -0.343 e. The monoisotopic (exact) mass is 323 g/mol. The van der Waals surface area contributed by atoms with Gasteiger partial charge in [-0.25, -0.2) is 0 Å². The molecule has 3 aliphatic rings. The van der Waals surface area contributed by atoms with Gasteiger partial charge in [0.15, 0.2) is 0 Å². The van der Waals surface area contributed by atoms with E-state index in [2.05, 4.69) is 24.1 Å². The summed E-state index contributed by atoms with van der Waals surface area (Å²) in [5.74, 6) is 1.66. The molecular formula is C18H33N3O2. The number of piperidine rings is 2. The van der Waals surface area contributed by atoms with Crippen molar-refractivity contribution in [3.8, 4) is 0 Å². The maximum Gasteiger partial charge on any atom is 0.222 e. The highest BCUT2D eigenvalue weighted by atomic mass is 16.7. The molecule has 3 saturated heterocycles. The van der Waals surface area contributed by atoms with Crippen LogP contribution in [-0.4, -0.2) is 61.7 Å². The van der Waals surface area contributed by atoms with Crippen LogP contribution in [-0.2, 0) is 9.63 Å². The second-order valence-corrected chi connectivity index (χ2v) is 8.32. The van der Waals surface area contributed by atoms with Crippen LogP contribution in [0.4, 0.5) is 0 Å². The molecule has 0 aromatic heterocycles. The zero-order chi connectivity index (χ0) is 16.4. The summed E-state index contributed by atoms with van der Waals surface area (Å²) in [6.45, 7) is 9.67. The lowest BCUT2D eigenvalue weighted by Crippen LogP contribution is -2.63. The first-order valence-corrected chi connectivity index (χ1v) is 9.30. The summed E-state index contributed by atoms with van der Waals surface area (Å²) in [5.41, 5.74) is 0.437. The summed E-state index contributed by atoms with van der Waals surface area (Å²) in [4.78, 5) is 19.9. The fourth-order valence-electron chi connectivity index (χ4n) is 4.59. The van der Waals surface area contributed by atoms with E-state index in [0.717, 1.165) is 70.7 Å². The van der Waals surface area contributed by atoms with Crippen LogP contribution in [0.15, 0.2) is 0 Å². The van der Waals surface area contributed by atoms with Crippen molar-refractivity contribution in [2.75, 3.05) is 39.8 Å². The molecule has 1 atom stereocenters. The van der Waals surface area contributed by atoms with Gasteiger partial charge >= 0.3 is 0 Å². The molecular weight excluding hydrogens is 290 g/mol. The van der Waals surface area contributed by atoms with Crippen molar-refractivity contribution in [2.45, 2.75) is 52.0 Å². The van der Waals surface area contributed by atoms with E-state index in [1.807, 2.05) is 5.06 Å². The molecule has 132 valence electrons. The first-order valence-electron chi connectivity index (χ1n) is 9.30. The Labute approximate surface area is 140 Å².